The predicted octanol–water partition coefficient (Wildman–Crippen LogP) is 3.59. The fraction of sp³-hybridized carbons (Fsp3) is 0.263. The molecule has 0 saturated heterocycles. The zero-order valence-electron chi connectivity index (χ0n) is 13.8. The van der Waals surface area contributed by atoms with Crippen LogP contribution in [0.3, 0.4) is 0 Å². The number of amides is 1. The van der Waals surface area contributed by atoms with Crippen molar-refractivity contribution >= 4 is 23.6 Å². The molecule has 0 aromatic heterocycles. The minimum Gasteiger partial charge on any atom is -0.455 e. The molecule has 0 aliphatic heterocycles. The van der Waals surface area contributed by atoms with E-state index >= 15 is 0 Å². The van der Waals surface area contributed by atoms with Gasteiger partial charge in [-0.2, -0.15) is 0 Å². The van der Waals surface area contributed by atoms with E-state index in [9.17, 15) is 9.59 Å². The van der Waals surface area contributed by atoms with Gasteiger partial charge in [0.2, 0.25) is 0 Å². The van der Waals surface area contributed by atoms with Gasteiger partial charge in [-0.15, -0.1) is 11.8 Å². The molecule has 0 radical (unpaired) electrons. The molecular formula is C19H21NO3S. The van der Waals surface area contributed by atoms with Crippen LogP contribution in [0.5, 0.6) is 0 Å². The first kappa shape index (κ1) is 18.1. The lowest BCUT2D eigenvalue weighted by Gasteiger charge is -2.15. The van der Waals surface area contributed by atoms with Gasteiger partial charge in [0.05, 0.1) is 6.04 Å². The topological polar surface area (TPSA) is 55.4 Å². The highest BCUT2D eigenvalue weighted by atomic mass is 32.2. The van der Waals surface area contributed by atoms with Crippen molar-refractivity contribution in [1.82, 2.24) is 5.32 Å². The number of nitrogens with one attached hydrogen (secondary N) is 1. The van der Waals surface area contributed by atoms with Gasteiger partial charge in [-0.3, -0.25) is 9.59 Å². The normalized spacial score (nSPS) is 12.9. The first-order chi connectivity index (χ1) is 11.6. The lowest BCUT2D eigenvalue weighted by molar-refractivity contribution is -0.147. The number of thioether (sulfide) groups is 1. The quantitative estimate of drug-likeness (QED) is 0.617. The monoisotopic (exact) mass is 343 g/mol. The summed E-state index contributed by atoms with van der Waals surface area (Å²) in [6.45, 7) is 3.39. The summed E-state index contributed by atoms with van der Waals surface area (Å²) in [6.07, 6.45) is 0. The van der Waals surface area contributed by atoms with Crippen LogP contribution in [0.25, 0.3) is 0 Å². The van der Waals surface area contributed by atoms with Gasteiger partial charge in [0.15, 0.2) is 6.61 Å². The zero-order valence-corrected chi connectivity index (χ0v) is 14.6. The molecule has 0 heterocycles. The van der Waals surface area contributed by atoms with Crippen molar-refractivity contribution < 1.29 is 14.3 Å². The van der Waals surface area contributed by atoms with E-state index in [-0.39, 0.29) is 23.8 Å². The highest BCUT2D eigenvalue weighted by molar-refractivity contribution is 8.00. The Balaban J connectivity index is 1.75. The molecule has 5 heteroatoms. The van der Waals surface area contributed by atoms with Crippen LogP contribution >= 0.6 is 11.8 Å². The standard InChI is InChI=1S/C19H21NO3S/c1-14(16-9-5-3-6-10-16)20-18(21)13-23-19(22)15(2)24-17-11-7-4-8-12-17/h3-12,14-15H,13H2,1-2H3,(H,20,21)/t14-,15+/m1/s1. The van der Waals surface area contributed by atoms with E-state index in [0.717, 1.165) is 10.5 Å². The number of carbonyl (C=O) groups excluding carboxylic acids is 2. The third-order valence-corrected chi connectivity index (χ3v) is 4.50. The molecule has 0 fully saturated rings. The largest absolute Gasteiger partial charge is 0.455 e. The third kappa shape index (κ3) is 5.74. The minimum atomic E-state index is -0.397. The summed E-state index contributed by atoms with van der Waals surface area (Å²) in [5.74, 6) is -0.706. The van der Waals surface area contributed by atoms with Gasteiger partial charge in [0, 0.05) is 4.90 Å². The molecule has 4 nitrogen and oxygen atoms in total. The molecule has 0 bridgehead atoms. The molecule has 0 saturated carbocycles. The van der Waals surface area contributed by atoms with Crippen LogP contribution in [0.15, 0.2) is 65.6 Å². The smallest absolute Gasteiger partial charge is 0.319 e. The van der Waals surface area contributed by atoms with Crippen molar-refractivity contribution in [2.75, 3.05) is 6.61 Å². The lowest BCUT2D eigenvalue weighted by atomic mass is 10.1. The Kier molecular flexibility index (Phi) is 6.88. The SMILES string of the molecule is C[C@H](Sc1ccccc1)C(=O)OCC(=O)N[C@H](C)c1ccccc1. The first-order valence-corrected chi connectivity index (χ1v) is 8.67. The second-order valence-corrected chi connectivity index (χ2v) is 6.79. The van der Waals surface area contributed by atoms with Gasteiger partial charge >= 0.3 is 5.97 Å². The Morgan fingerprint density at radius 3 is 2.21 bits per heavy atom. The Labute approximate surface area is 146 Å². The van der Waals surface area contributed by atoms with Crippen molar-refractivity contribution in [3.8, 4) is 0 Å². The van der Waals surface area contributed by atoms with Crippen molar-refractivity contribution in [1.29, 1.82) is 0 Å². The van der Waals surface area contributed by atoms with Crippen LogP contribution in [0.4, 0.5) is 0 Å². The van der Waals surface area contributed by atoms with Crippen molar-refractivity contribution in [2.45, 2.75) is 30.0 Å². The zero-order chi connectivity index (χ0) is 17.4. The molecule has 2 aromatic rings. The maximum atomic E-state index is 12.0. The van der Waals surface area contributed by atoms with Gasteiger partial charge in [-0.25, -0.2) is 0 Å². The highest BCUT2D eigenvalue weighted by Gasteiger charge is 2.18. The fourth-order valence-electron chi connectivity index (χ4n) is 2.11. The fourth-order valence-corrected chi connectivity index (χ4v) is 3.00. The van der Waals surface area contributed by atoms with Gasteiger partial charge < -0.3 is 10.1 Å². The molecule has 2 rings (SSSR count). The Bertz CT molecular complexity index is 661. The van der Waals surface area contributed by atoms with Crippen molar-refractivity contribution in [3.63, 3.8) is 0 Å². The lowest BCUT2D eigenvalue weighted by Crippen LogP contribution is -2.32. The number of rotatable bonds is 7. The number of hydrogen-bond donors (Lipinski definition) is 1. The van der Waals surface area contributed by atoms with Gasteiger partial charge in [0.25, 0.3) is 5.91 Å². The molecule has 1 N–H and O–H groups in total. The van der Waals surface area contributed by atoms with E-state index < -0.39 is 5.97 Å². The Morgan fingerprint density at radius 2 is 1.58 bits per heavy atom. The second kappa shape index (κ2) is 9.13. The Hall–Kier alpha value is -2.27. The summed E-state index contributed by atoms with van der Waals surface area (Å²) >= 11 is 1.41. The Morgan fingerprint density at radius 1 is 1.00 bits per heavy atom. The molecular weight excluding hydrogens is 322 g/mol. The molecule has 2 aromatic carbocycles. The van der Waals surface area contributed by atoms with E-state index in [1.807, 2.05) is 67.6 Å². The number of hydrogen-bond acceptors (Lipinski definition) is 4. The summed E-state index contributed by atoms with van der Waals surface area (Å²) in [6, 6.07) is 19.1. The van der Waals surface area contributed by atoms with Gasteiger partial charge in [0.1, 0.15) is 5.25 Å². The average Bonchev–Trinajstić information content (AvgIpc) is 2.61. The minimum absolute atomic E-state index is 0.131. The second-order valence-electron chi connectivity index (χ2n) is 5.38. The van der Waals surface area contributed by atoms with Crippen LogP contribution in [0.2, 0.25) is 0 Å². The summed E-state index contributed by atoms with van der Waals surface area (Å²) in [7, 11) is 0. The van der Waals surface area contributed by atoms with E-state index in [2.05, 4.69) is 5.32 Å². The summed E-state index contributed by atoms with van der Waals surface area (Å²) in [5, 5.41) is 2.45. The maximum Gasteiger partial charge on any atom is 0.319 e. The molecule has 24 heavy (non-hydrogen) atoms. The summed E-state index contributed by atoms with van der Waals surface area (Å²) < 4.78 is 5.10. The van der Waals surface area contributed by atoms with Gasteiger partial charge in [-0.05, 0) is 31.5 Å². The number of esters is 1. The number of benzene rings is 2. The van der Waals surface area contributed by atoms with Crippen LogP contribution in [-0.4, -0.2) is 23.7 Å². The third-order valence-electron chi connectivity index (χ3n) is 3.41. The molecule has 1 amide bonds. The molecule has 2 atom stereocenters. The number of ether oxygens (including phenoxy) is 1. The van der Waals surface area contributed by atoms with Crippen molar-refractivity contribution in [2.24, 2.45) is 0 Å². The maximum absolute atomic E-state index is 12.0. The van der Waals surface area contributed by atoms with Crippen LogP contribution in [0, 0.1) is 0 Å². The summed E-state index contributed by atoms with van der Waals surface area (Å²) in [5.41, 5.74) is 1.00. The van der Waals surface area contributed by atoms with E-state index in [0.29, 0.717) is 0 Å². The van der Waals surface area contributed by atoms with Crippen LogP contribution in [0.1, 0.15) is 25.5 Å². The molecule has 0 aliphatic rings. The van der Waals surface area contributed by atoms with Gasteiger partial charge in [-0.1, -0.05) is 48.5 Å². The molecule has 126 valence electrons. The number of carbonyl (C=O) groups is 2. The predicted molar refractivity (Wildman–Crippen MR) is 95.7 cm³/mol. The average molecular weight is 343 g/mol. The highest BCUT2D eigenvalue weighted by Crippen LogP contribution is 2.23. The van der Waals surface area contributed by atoms with E-state index in [1.54, 1.807) is 6.92 Å². The van der Waals surface area contributed by atoms with Crippen molar-refractivity contribution in [3.05, 3.63) is 66.2 Å². The molecule has 0 aliphatic carbocycles. The van der Waals surface area contributed by atoms with Crippen LogP contribution in [-0.2, 0) is 14.3 Å². The molecule has 0 spiro atoms. The van der Waals surface area contributed by atoms with Crippen LogP contribution < -0.4 is 5.32 Å². The van der Waals surface area contributed by atoms with E-state index in [1.165, 1.54) is 11.8 Å². The van der Waals surface area contributed by atoms with E-state index in [4.69, 9.17) is 4.74 Å². The summed E-state index contributed by atoms with van der Waals surface area (Å²) in [4.78, 5) is 24.9. The first-order valence-electron chi connectivity index (χ1n) is 7.79. The molecule has 0 unspecified atom stereocenters.